The largest absolute Gasteiger partial charge is 0.437 e. The number of carbonyl (C=O) groups is 1. The summed E-state index contributed by atoms with van der Waals surface area (Å²) in [6.07, 6.45) is 0.445. The van der Waals surface area contributed by atoms with Crippen LogP contribution in [0.1, 0.15) is 27.0 Å². The second kappa shape index (κ2) is 12.1. The lowest BCUT2D eigenvalue weighted by Gasteiger charge is -2.33. The summed E-state index contributed by atoms with van der Waals surface area (Å²) in [6, 6.07) is 14.2. The fraction of sp³-hybridized carbons (Fsp3) is 0.250. The van der Waals surface area contributed by atoms with Crippen molar-refractivity contribution in [3.05, 3.63) is 95.4 Å². The molecule has 0 radical (unpaired) electrons. The number of fused-ring (bicyclic) bond motifs is 1. The Hall–Kier alpha value is -4.81. The van der Waals surface area contributed by atoms with Crippen LogP contribution in [0, 0.1) is 6.92 Å². The van der Waals surface area contributed by atoms with Gasteiger partial charge in [-0.3, -0.25) is 14.7 Å². The van der Waals surface area contributed by atoms with Gasteiger partial charge in [-0.15, -0.1) is 0 Å². The number of ether oxygens (including phenoxy) is 1. The van der Waals surface area contributed by atoms with E-state index in [4.69, 9.17) is 4.74 Å². The number of hydrogen-bond donors (Lipinski definition) is 2. The van der Waals surface area contributed by atoms with E-state index >= 15 is 0 Å². The van der Waals surface area contributed by atoms with E-state index in [1.807, 2.05) is 24.9 Å². The Bertz CT molecular complexity index is 1800. The number of rotatable bonds is 7. The van der Waals surface area contributed by atoms with Gasteiger partial charge in [0.15, 0.2) is 5.82 Å². The van der Waals surface area contributed by atoms with Gasteiger partial charge in [0.25, 0.3) is 5.91 Å². The average Bonchev–Trinajstić information content (AvgIpc) is 3.49. The molecule has 0 spiro atoms. The van der Waals surface area contributed by atoms with Gasteiger partial charge in [-0.05, 0) is 61.5 Å². The molecule has 4 heterocycles. The summed E-state index contributed by atoms with van der Waals surface area (Å²) in [6.45, 7) is 4.96. The summed E-state index contributed by atoms with van der Waals surface area (Å²) in [5.74, 6) is 0.451. The van der Waals surface area contributed by atoms with Crippen LogP contribution in [0.4, 0.5) is 18.9 Å². The number of nitrogens with zero attached hydrogens (tertiary/aromatic N) is 5. The SMILES string of the molecule is Cc1ccc(NC(=O)c2ccc(CN3CCN(C)CC3)c(C(F)(F)F)c2)cc1Oc1nc(-c2cccnc2)nc2cc[nH]c12. The third-order valence-electron chi connectivity index (χ3n) is 7.61. The first-order valence-corrected chi connectivity index (χ1v) is 14.1. The van der Waals surface area contributed by atoms with Gasteiger partial charge in [-0.1, -0.05) is 12.1 Å². The van der Waals surface area contributed by atoms with Gasteiger partial charge in [0, 0.05) is 74.2 Å². The van der Waals surface area contributed by atoms with Gasteiger partial charge < -0.3 is 19.9 Å². The summed E-state index contributed by atoms with van der Waals surface area (Å²) in [5, 5.41) is 2.71. The Balaban J connectivity index is 1.23. The van der Waals surface area contributed by atoms with E-state index in [1.165, 1.54) is 12.1 Å². The molecule has 1 aliphatic rings. The van der Waals surface area contributed by atoms with Crippen LogP contribution in [-0.4, -0.2) is 68.9 Å². The van der Waals surface area contributed by atoms with Crippen molar-refractivity contribution in [2.75, 3.05) is 38.5 Å². The van der Waals surface area contributed by atoms with Gasteiger partial charge in [-0.25, -0.2) is 4.98 Å². The Morgan fingerprint density at radius 3 is 2.61 bits per heavy atom. The lowest BCUT2D eigenvalue weighted by atomic mass is 10.0. The number of hydrogen-bond acceptors (Lipinski definition) is 7. The summed E-state index contributed by atoms with van der Waals surface area (Å²) in [5.41, 5.74) is 2.32. The van der Waals surface area contributed by atoms with E-state index in [9.17, 15) is 18.0 Å². The van der Waals surface area contributed by atoms with E-state index < -0.39 is 17.6 Å². The minimum atomic E-state index is -4.60. The minimum Gasteiger partial charge on any atom is -0.437 e. The van der Waals surface area contributed by atoms with E-state index in [0.717, 1.165) is 24.7 Å². The van der Waals surface area contributed by atoms with Crippen molar-refractivity contribution >= 4 is 22.6 Å². The number of aryl methyl sites for hydroxylation is 1. The Kier molecular flexibility index (Phi) is 8.02. The Morgan fingerprint density at radius 1 is 1.05 bits per heavy atom. The van der Waals surface area contributed by atoms with Gasteiger partial charge in [0.2, 0.25) is 5.88 Å². The van der Waals surface area contributed by atoms with Crippen molar-refractivity contribution in [1.82, 2.24) is 29.7 Å². The molecule has 1 amide bonds. The van der Waals surface area contributed by atoms with Crippen LogP contribution in [0.25, 0.3) is 22.4 Å². The average molecular weight is 602 g/mol. The van der Waals surface area contributed by atoms with Crippen molar-refractivity contribution in [1.29, 1.82) is 0 Å². The van der Waals surface area contributed by atoms with Crippen molar-refractivity contribution < 1.29 is 22.7 Å². The quantitative estimate of drug-likeness (QED) is 0.231. The monoisotopic (exact) mass is 601 g/mol. The third-order valence-corrected chi connectivity index (χ3v) is 7.61. The highest BCUT2D eigenvalue weighted by molar-refractivity contribution is 6.04. The van der Waals surface area contributed by atoms with Crippen LogP contribution in [0.2, 0.25) is 0 Å². The number of carbonyl (C=O) groups excluding carboxylic acids is 1. The molecule has 1 aliphatic heterocycles. The molecule has 3 aromatic heterocycles. The molecule has 44 heavy (non-hydrogen) atoms. The molecule has 0 unspecified atom stereocenters. The predicted molar refractivity (Wildman–Crippen MR) is 161 cm³/mol. The summed E-state index contributed by atoms with van der Waals surface area (Å²) in [7, 11) is 1.99. The highest BCUT2D eigenvalue weighted by Crippen LogP contribution is 2.35. The first kappa shape index (κ1) is 29.3. The number of aromatic amines is 1. The maximum absolute atomic E-state index is 14.1. The molecule has 0 atom stereocenters. The fourth-order valence-corrected chi connectivity index (χ4v) is 5.08. The fourth-order valence-electron chi connectivity index (χ4n) is 5.08. The number of H-pyrrole nitrogens is 1. The zero-order valence-electron chi connectivity index (χ0n) is 24.2. The molecular formula is C32H30F3N7O2. The Morgan fingerprint density at radius 2 is 1.86 bits per heavy atom. The first-order chi connectivity index (χ1) is 21.1. The maximum atomic E-state index is 14.1. The zero-order valence-corrected chi connectivity index (χ0v) is 24.2. The third kappa shape index (κ3) is 6.41. The van der Waals surface area contributed by atoms with E-state index in [0.29, 0.717) is 46.9 Å². The minimum absolute atomic E-state index is 0.0903. The molecule has 0 saturated carbocycles. The predicted octanol–water partition coefficient (Wildman–Crippen LogP) is 6.14. The first-order valence-electron chi connectivity index (χ1n) is 14.1. The van der Waals surface area contributed by atoms with Crippen molar-refractivity contribution in [3.63, 3.8) is 0 Å². The van der Waals surface area contributed by atoms with Crippen molar-refractivity contribution in [3.8, 4) is 23.0 Å². The molecule has 2 N–H and O–H groups in total. The van der Waals surface area contributed by atoms with Crippen LogP contribution in [-0.2, 0) is 12.7 Å². The number of likely N-dealkylation sites (N-methyl/N-ethyl adjacent to an activating group) is 1. The lowest BCUT2D eigenvalue weighted by Crippen LogP contribution is -2.44. The van der Waals surface area contributed by atoms with E-state index in [1.54, 1.807) is 48.9 Å². The maximum Gasteiger partial charge on any atom is 0.416 e. The molecule has 0 bridgehead atoms. The molecule has 6 rings (SSSR count). The number of anilines is 1. The number of halogens is 3. The van der Waals surface area contributed by atoms with Crippen LogP contribution in [0.15, 0.2) is 73.2 Å². The van der Waals surface area contributed by atoms with Gasteiger partial charge in [0.05, 0.1) is 11.1 Å². The second-order valence-electron chi connectivity index (χ2n) is 10.8. The number of aromatic nitrogens is 4. The molecule has 226 valence electrons. The Labute approximate surface area is 251 Å². The van der Waals surface area contributed by atoms with Crippen LogP contribution < -0.4 is 10.1 Å². The second-order valence-corrected chi connectivity index (χ2v) is 10.8. The summed E-state index contributed by atoms with van der Waals surface area (Å²) in [4.78, 5) is 33.7. The van der Waals surface area contributed by atoms with E-state index in [-0.39, 0.29) is 23.6 Å². The van der Waals surface area contributed by atoms with Crippen LogP contribution in [0.5, 0.6) is 11.6 Å². The normalized spacial score (nSPS) is 14.6. The number of nitrogens with one attached hydrogen (secondary N) is 2. The van der Waals surface area contributed by atoms with Crippen LogP contribution >= 0.6 is 0 Å². The standard InChI is InChI=1S/C32H30F3N7O2/c1-20-5-8-24(17-27(20)44-31-28-26(9-11-37-28)39-29(40-31)22-4-3-10-36-18-22)38-30(43)21-6-7-23(25(16-21)32(33,34)35)19-42-14-12-41(2)13-15-42/h3-11,16-18,37H,12-15,19H2,1-2H3,(H,38,43). The topological polar surface area (TPSA) is 99.3 Å². The lowest BCUT2D eigenvalue weighted by molar-refractivity contribution is -0.138. The number of piperazine rings is 1. The zero-order chi connectivity index (χ0) is 30.8. The molecular weight excluding hydrogens is 571 g/mol. The molecule has 2 aromatic carbocycles. The summed E-state index contributed by atoms with van der Waals surface area (Å²) >= 11 is 0. The molecule has 1 fully saturated rings. The number of amides is 1. The molecule has 9 nitrogen and oxygen atoms in total. The van der Waals surface area contributed by atoms with E-state index in [2.05, 4.69) is 30.2 Å². The van der Waals surface area contributed by atoms with Gasteiger partial charge in [-0.2, -0.15) is 18.2 Å². The molecule has 5 aromatic rings. The highest BCUT2D eigenvalue weighted by Gasteiger charge is 2.34. The number of pyridine rings is 1. The number of benzene rings is 2. The van der Waals surface area contributed by atoms with Crippen molar-refractivity contribution in [2.24, 2.45) is 0 Å². The number of alkyl halides is 3. The highest BCUT2D eigenvalue weighted by atomic mass is 19.4. The molecule has 1 saturated heterocycles. The smallest absolute Gasteiger partial charge is 0.416 e. The molecule has 0 aliphatic carbocycles. The van der Waals surface area contributed by atoms with Crippen molar-refractivity contribution in [2.45, 2.75) is 19.6 Å². The van der Waals surface area contributed by atoms with Gasteiger partial charge >= 0.3 is 6.18 Å². The molecule has 12 heteroatoms. The van der Waals surface area contributed by atoms with Gasteiger partial charge in [0.1, 0.15) is 11.3 Å². The summed E-state index contributed by atoms with van der Waals surface area (Å²) < 4.78 is 48.4. The van der Waals surface area contributed by atoms with Crippen LogP contribution in [0.3, 0.4) is 0 Å².